The third-order valence-corrected chi connectivity index (χ3v) is 6.12. The third kappa shape index (κ3) is 4.17. The molecule has 2 aromatic rings. The number of amides is 1. The second-order valence-electron chi connectivity index (χ2n) is 8.10. The lowest BCUT2D eigenvalue weighted by molar-refractivity contribution is -0.116. The lowest BCUT2D eigenvalue weighted by Crippen LogP contribution is -2.37. The summed E-state index contributed by atoms with van der Waals surface area (Å²) in [6, 6.07) is 16.5. The molecule has 1 amide bonds. The van der Waals surface area contributed by atoms with Gasteiger partial charge in [0.2, 0.25) is 5.91 Å². The van der Waals surface area contributed by atoms with Crippen LogP contribution in [0.5, 0.6) is 0 Å². The number of benzene rings is 2. The minimum Gasteiger partial charge on any atom is -0.312 e. The number of nitrogens with zero attached hydrogens (tertiary/aromatic N) is 2. The summed E-state index contributed by atoms with van der Waals surface area (Å²) >= 11 is 0. The monoisotopic (exact) mass is 376 g/mol. The van der Waals surface area contributed by atoms with Crippen molar-refractivity contribution < 1.29 is 9.59 Å². The van der Waals surface area contributed by atoms with Gasteiger partial charge in [0.15, 0.2) is 5.78 Å². The summed E-state index contributed by atoms with van der Waals surface area (Å²) in [4.78, 5) is 28.7. The van der Waals surface area contributed by atoms with Crippen molar-refractivity contribution >= 4 is 17.4 Å². The normalized spacial score (nSPS) is 17.5. The van der Waals surface area contributed by atoms with Crippen LogP contribution in [0.4, 0.5) is 5.69 Å². The summed E-state index contributed by atoms with van der Waals surface area (Å²) in [6.45, 7) is 4.73. The average molecular weight is 377 g/mol. The number of carbonyl (C=O) groups excluding carboxylic acids is 2. The van der Waals surface area contributed by atoms with E-state index in [1.54, 1.807) is 11.8 Å². The Bertz CT molecular complexity index is 854. The zero-order valence-electron chi connectivity index (χ0n) is 16.6. The topological polar surface area (TPSA) is 40.6 Å². The van der Waals surface area contributed by atoms with Crippen molar-refractivity contribution in [2.75, 3.05) is 31.1 Å². The van der Waals surface area contributed by atoms with Gasteiger partial charge in [0.1, 0.15) is 0 Å². The number of anilines is 1. The molecule has 2 aliphatic rings. The molecule has 4 nitrogen and oxygen atoms in total. The maximum Gasteiger partial charge on any atom is 0.223 e. The number of Topliss-reactive ketones (excluding diaryl/α,β-unsaturated/α-hetero) is 1. The van der Waals surface area contributed by atoms with Gasteiger partial charge in [-0.3, -0.25) is 14.5 Å². The van der Waals surface area contributed by atoms with Crippen LogP contribution in [0.1, 0.15) is 41.3 Å². The fourth-order valence-corrected chi connectivity index (χ4v) is 4.47. The first-order valence-corrected chi connectivity index (χ1v) is 10.3. The van der Waals surface area contributed by atoms with Gasteiger partial charge < -0.3 is 4.90 Å². The molecule has 2 heterocycles. The van der Waals surface area contributed by atoms with Crippen LogP contribution in [0.25, 0.3) is 0 Å². The van der Waals surface area contributed by atoms with E-state index in [-0.39, 0.29) is 11.7 Å². The first-order valence-electron chi connectivity index (χ1n) is 10.3. The van der Waals surface area contributed by atoms with Gasteiger partial charge in [-0.05, 0) is 61.9 Å². The Morgan fingerprint density at radius 2 is 1.75 bits per heavy atom. The summed E-state index contributed by atoms with van der Waals surface area (Å²) in [6.07, 6.45) is 4.29. The molecule has 0 saturated carbocycles. The van der Waals surface area contributed by atoms with E-state index < -0.39 is 0 Å². The molecule has 1 saturated heterocycles. The zero-order valence-corrected chi connectivity index (χ0v) is 16.6. The molecule has 0 spiro atoms. The molecular formula is C24H28N2O2. The van der Waals surface area contributed by atoms with E-state index in [9.17, 15) is 9.59 Å². The number of ketones is 1. The second-order valence-corrected chi connectivity index (χ2v) is 8.10. The Morgan fingerprint density at radius 3 is 2.46 bits per heavy atom. The molecule has 0 aliphatic carbocycles. The van der Waals surface area contributed by atoms with Crippen LogP contribution in [0.2, 0.25) is 0 Å². The van der Waals surface area contributed by atoms with Crippen molar-refractivity contribution in [3.63, 3.8) is 0 Å². The van der Waals surface area contributed by atoms with E-state index in [1.165, 1.54) is 5.56 Å². The van der Waals surface area contributed by atoms with Crippen LogP contribution in [0.3, 0.4) is 0 Å². The van der Waals surface area contributed by atoms with Crippen molar-refractivity contribution in [3.05, 3.63) is 65.2 Å². The highest BCUT2D eigenvalue weighted by Crippen LogP contribution is 2.29. The molecule has 2 aliphatic heterocycles. The van der Waals surface area contributed by atoms with Crippen molar-refractivity contribution in [3.8, 4) is 0 Å². The van der Waals surface area contributed by atoms with Crippen molar-refractivity contribution in [2.45, 2.75) is 32.6 Å². The number of likely N-dealkylation sites (tertiary alicyclic amines) is 1. The summed E-state index contributed by atoms with van der Waals surface area (Å²) in [7, 11) is 0. The van der Waals surface area contributed by atoms with Crippen molar-refractivity contribution in [2.24, 2.45) is 5.92 Å². The molecule has 28 heavy (non-hydrogen) atoms. The Kier molecular flexibility index (Phi) is 5.58. The zero-order chi connectivity index (χ0) is 19.5. The van der Waals surface area contributed by atoms with Gasteiger partial charge >= 0.3 is 0 Å². The number of fused-ring (bicyclic) bond motifs is 1. The smallest absolute Gasteiger partial charge is 0.223 e. The highest BCUT2D eigenvalue weighted by Gasteiger charge is 2.25. The SMILES string of the molecule is CC(=O)N1CCc2ccc(C(=O)CN3CCC(Cc4ccccc4)CC3)cc21. The summed E-state index contributed by atoms with van der Waals surface area (Å²) < 4.78 is 0. The molecule has 146 valence electrons. The number of carbonyl (C=O) groups is 2. The number of hydrogen-bond acceptors (Lipinski definition) is 3. The average Bonchev–Trinajstić information content (AvgIpc) is 3.14. The molecule has 0 N–H and O–H groups in total. The Balaban J connectivity index is 1.33. The van der Waals surface area contributed by atoms with Crippen LogP contribution in [-0.2, 0) is 17.6 Å². The number of rotatable bonds is 5. The van der Waals surface area contributed by atoms with Crippen LogP contribution in [0, 0.1) is 5.92 Å². The van der Waals surface area contributed by atoms with Crippen LogP contribution < -0.4 is 4.90 Å². The van der Waals surface area contributed by atoms with Crippen LogP contribution in [-0.4, -0.2) is 42.8 Å². The molecule has 0 radical (unpaired) electrons. The summed E-state index contributed by atoms with van der Waals surface area (Å²) in [5.74, 6) is 0.904. The first kappa shape index (κ1) is 18.9. The largest absolute Gasteiger partial charge is 0.312 e. The molecule has 0 atom stereocenters. The van der Waals surface area contributed by atoms with E-state index in [2.05, 4.69) is 35.2 Å². The molecule has 1 fully saturated rings. The van der Waals surface area contributed by atoms with Crippen molar-refractivity contribution in [1.82, 2.24) is 4.90 Å². The second kappa shape index (κ2) is 8.27. The van der Waals surface area contributed by atoms with Gasteiger partial charge in [0.05, 0.1) is 6.54 Å². The lowest BCUT2D eigenvalue weighted by atomic mass is 9.90. The molecular weight excluding hydrogens is 348 g/mol. The molecule has 4 rings (SSSR count). The highest BCUT2D eigenvalue weighted by molar-refractivity contribution is 6.01. The van der Waals surface area contributed by atoms with E-state index in [0.717, 1.165) is 62.1 Å². The Hall–Kier alpha value is -2.46. The molecule has 4 heteroatoms. The minimum absolute atomic E-state index is 0.0452. The van der Waals surface area contributed by atoms with Gasteiger partial charge in [0, 0.05) is 24.7 Å². The van der Waals surface area contributed by atoms with E-state index >= 15 is 0 Å². The van der Waals surface area contributed by atoms with E-state index in [1.807, 2.05) is 18.2 Å². The molecule has 0 aromatic heterocycles. The van der Waals surface area contributed by atoms with Gasteiger partial charge in [-0.2, -0.15) is 0 Å². The quantitative estimate of drug-likeness (QED) is 0.747. The van der Waals surface area contributed by atoms with Gasteiger partial charge in [0.25, 0.3) is 0 Å². The molecule has 0 bridgehead atoms. The lowest BCUT2D eigenvalue weighted by Gasteiger charge is -2.31. The van der Waals surface area contributed by atoms with Gasteiger partial charge in [-0.15, -0.1) is 0 Å². The highest BCUT2D eigenvalue weighted by atomic mass is 16.2. The van der Waals surface area contributed by atoms with Crippen LogP contribution in [0.15, 0.2) is 48.5 Å². The Labute approximate surface area is 167 Å². The standard InChI is InChI=1S/C24H28N2O2/c1-18(27)26-14-11-21-7-8-22(16-23(21)26)24(28)17-25-12-9-20(10-13-25)15-19-5-3-2-4-6-19/h2-8,16,20H,9-15,17H2,1H3. The van der Waals surface area contributed by atoms with Crippen molar-refractivity contribution in [1.29, 1.82) is 0 Å². The predicted molar refractivity (Wildman–Crippen MR) is 112 cm³/mol. The van der Waals surface area contributed by atoms with E-state index in [0.29, 0.717) is 12.5 Å². The Morgan fingerprint density at radius 1 is 1.00 bits per heavy atom. The fraction of sp³-hybridized carbons (Fsp3) is 0.417. The van der Waals surface area contributed by atoms with Gasteiger partial charge in [-0.1, -0.05) is 42.5 Å². The summed E-state index contributed by atoms with van der Waals surface area (Å²) in [5.41, 5.74) is 4.21. The minimum atomic E-state index is 0.0452. The number of hydrogen-bond donors (Lipinski definition) is 0. The van der Waals surface area contributed by atoms with E-state index in [4.69, 9.17) is 0 Å². The molecule has 2 aromatic carbocycles. The maximum atomic E-state index is 12.8. The fourth-order valence-electron chi connectivity index (χ4n) is 4.47. The first-order chi connectivity index (χ1) is 13.6. The predicted octanol–water partition coefficient (Wildman–Crippen LogP) is 3.73. The number of piperidine rings is 1. The third-order valence-electron chi connectivity index (χ3n) is 6.12. The summed E-state index contributed by atoms with van der Waals surface area (Å²) in [5, 5.41) is 0. The van der Waals surface area contributed by atoms with Gasteiger partial charge in [-0.25, -0.2) is 0 Å². The maximum absolute atomic E-state index is 12.8. The van der Waals surface area contributed by atoms with Crippen LogP contribution >= 0.6 is 0 Å². The molecule has 0 unspecified atom stereocenters.